The predicted octanol–water partition coefficient (Wildman–Crippen LogP) is 10.9. The number of nitrogens with one attached hydrogen (secondary N) is 3. The van der Waals surface area contributed by atoms with Crippen molar-refractivity contribution in [2.75, 3.05) is 0 Å². The first-order chi connectivity index (χ1) is 18.4. The molecule has 0 atom stereocenters. The SMILES string of the molecule is C.C.CC(C)(C)C.CC(C)(C)C.CC(C)(C)C.CC(C)(C)n1ccnc1.Cc1cnc[nH]1.Cc1ncc[nH]1.c1c[nH]cn1. The van der Waals surface area contributed by atoms with Gasteiger partial charge in [-0.1, -0.05) is 97.9 Å². The normalized spacial score (nSPS) is 10.1. The van der Waals surface area contributed by atoms with Crippen LogP contribution < -0.4 is 0 Å². The van der Waals surface area contributed by atoms with Crippen LogP contribution in [0, 0.1) is 30.1 Å². The first-order valence-electron chi connectivity index (χ1n) is 14.2. The largest absolute Gasteiger partial charge is 0.351 e. The molecule has 0 aliphatic rings. The second kappa shape index (κ2) is 25.3. The number of hydrogen-bond donors (Lipinski definition) is 3. The van der Waals surface area contributed by atoms with Gasteiger partial charge < -0.3 is 19.5 Å². The Bertz CT molecular complexity index is 892. The minimum atomic E-state index is 0. The second-order valence-electron chi connectivity index (χ2n) is 15.3. The van der Waals surface area contributed by atoms with Crippen LogP contribution in [0.5, 0.6) is 0 Å². The van der Waals surface area contributed by atoms with Crippen molar-refractivity contribution in [1.29, 1.82) is 0 Å². The van der Waals surface area contributed by atoms with E-state index in [1.807, 2.05) is 26.4 Å². The maximum absolute atomic E-state index is 3.95. The van der Waals surface area contributed by atoms with Gasteiger partial charge in [-0.25, -0.2) is 19.9 Å². The minimum Gasteiger partial charge on any atom is -0.351 e. The molecule has 8 heteroatoms. The lowest BCUT2D eigenvalue weighted by Gasteiger charge is -2.19. The summed E-state index contributed by atoms with van der Waals surface area (Å²) < 4.78 is 2.08. The number of aromatic amines is 3. The molecule has 43 heavy (non-hydrogen) atoms. The van der Waals surface area contributed by atoms with Gasteiger partial charge in [0.2, 0.25) is 0 Å². The maximum Gasteiger partial charge on any atom is 0.102 e. The maximum atomic E-state index is 3.95. The topological polar surface area (TPSA) is 104 Å². The highest BCUT2D eigenvalue weighted by Gasteiger charge is 2.09. The fraction of sp³-hybridized carbons (Fsp3) is 0.657. The van der Waals surface area contributed by atoms with Crippen LogP contribution in [0.25, 0.3) is 0 Å². The van der Waals surface area contributed by atoms with Gasteiger partial charge in [0.15, 0.2) is 0 Å². The minimum absolute atomic E-state index is 0. The van der Waals surface area contributed by atoms with Crippen LogP contribution in [0.1, 0.15) is 130 Å². The molecule has 4 aromatic heterocycles. The molecule has 0 aliphatic heterocycles. The number of nitrogens with zero attached hydrogens (tertiary/aromatic N) is 5. The number of hydrogen-bond acceptors (Lipinski definition) is 4. The number of aromatic nitrogens is 8. The molecule has 0 bridgehead atoms. The summed E-state index contributed by atoms with van der Waals surface area (Å²) in [5, 5.41) is 0. The van der Waals surface area contributed by atoms with Gasteiger partial charge in [-0.15, -0.1) is 0 Å². The first kappa shape index (κ1) is 49.5. The Kier molecular flexibility index (Phi) is 29.2. The van der Waals surface area contributed by atoms with Gasteiger partial charge in [0.05, 0.1) is 19.0 Å². The molecule has 0 amide bonds. The number of rotatable bonds is 0. The summed E-state index contributed by atoms with van der Waals surface area (Å²) in [4.78, 5) is 23.8. The predicted molar refractivity (Wildman–Crippen MR) is 191 cm³/mol. The fourth-order valence-corrected chi connectivity index (χ4v) is 1.54. The van der Waals surface area contributed by atoms with Crippen molar-refractivity contribution in [3.63, 3.8) is 0 Å². The number of H-pyrrole nitrogens is 3. The van der Waals surface area contributed by atoms with Crippen LogP contribution in [0.2, 0.25) is 0 Å². The van der Waals surface area contributed by atoms with Crippen LogP contribution in [0.15, 0.2) is 62.4 Å². The molecule has 8 nitrogen and oxygen atoms in total. The molecule has 4 aromatic rings. The zero-order chi connectivity index (χ0) is 32.8. The van der Waals surface area contributed by atoms with Gasteiger partial charge in [-0.3, -0.25) is 0 Å². The van der Waals surface area contributed by atoms with Gasteiger partial charge >= 0.3 is 0 Å². The van der Waals surface area contributed by atoms with E-state index in [4.69, 9.17) is 0 Å². The molecule has 0 fully saturated rings. The highest BCUT2D eigenvalue weighted by molar-refractivity contribution is 4.88. The van der Waals surface area contributed by atoms with E-state index in [2.05, 4.69) is 143 Å². The number of aryl methyl sites for hydroxylation is 2. The summed E-state index contributed by atoms with van der Waals surface area (Å²) in [6, 6.07) is 0. The lowest BCUT2D eigenvalue weighted by Crippen LogP contribution is -2.19. The van der Waals surface area contributed by atoms with Crippen molar-refractivity contribution in [1.82, 2.24) is 39.5 Å². The Morgan fingerprint density at radius 3 is 1.19 bits per heavy atom. The van der Waals surface area contributed by atoms with Crippen molar-refractivity contribution >= 4 is 0 Å². The molecule has 0 saturated heterocycles. The smallest absolute Gasteiger partial charge is 0.102 e. The van der Waals surface area contributed by atoms with Crippen molar-refractivity contribution in [2.24, 2.45) is 16.2 Å². The van der Waals surface area contributed by atoms with Gasteiger partial charge in [0, 0.05) is 54.6 Å². The highest BCUT2D eigenvalue weighted by Crippen LogP contribution is 2.11. The lowest BCUT2D eigenvalue weighted by molar-refractivity contribution is 0.396. The molecule has 4 rings (SSSR count). The third-order valence-corrected chi connectivity index (χ3v) is 2.95. The van der Waals surface area contributed by atoms with Crippen molar-refractivity contribution in [3.8, 4) is 0 Å². The molecule has 0 aromatic carbocycles. The third kappa shape index (κ3) is 63.4. The Morgan fingerprint density at radius 1 is 0.581 bits per heavy atom. The van der Waals surface area contributed by atoms with E-state index >= 15 is 0 Å². The van der Waals surface area contributed by atoms with E-state index in [1.165, 1.54) is 0 Å². The Labute approximate surface area is 267 Å². The lowest BCUT2D eigenvalue weighted by atomic mass is 10.0. The Hall–Kier alpha value is -3.16. The Morgan fingerprint density at radius 2 is 1.07 bits per heavy atom. The molecule has 252 valence electrons. The molecule has 0 unspecified atom stereocenters. The molecule has 4 heterocycles. The summed E-state index contributed by atoms with van der Waals surface area (Å²) in [5.74, 6) is 0.968. The molecule has 3 N–H and O–H groups in total. The average molecular weight is 605 g/mol. The van der Waals surface area contributed by atoms with Gasteiger partial charge in [-0.05, 0) is 50.9 Å². The van der Waals surface area contributed by atoms with Crippen LogP contribution in [0.3, 0.4) is 0 Å². The van der Waals surface area contributed by atoms with Crippen molar-refractivity contribution in [2.45, 2.75) is 138 Å². The summed E-state index contributed by atoms with van der Waals surface area (Å²) in [7, 11) is 0. The number of imidazole rings is 4. The Balaban J connectivity index is -0.000000131. The van der Waals surface area contributed by atoms with Crippen LogP contribution in [-0.2, 0) is 5.54 Å². The van der Waals surface area contributed by atoms with Crippen molar-refractivity contribution < 1.29 is 0 Å². The van der Waals surface area contributed by atoms with Crippen LogP contribution in [-0.4, -0.2) is 39.5 Å². The zero-order valence-electron chi connectivity index (χ0n) is 29.5. The van der Waals surface area contributed by atoms with E-state index in [9.17, 15) is 0 Å². The molecular weight excluding hydrogens is 532 g/mol. The molecule has 0 saturated carbocycles. The fourth-order valence-electron chi connectivity index (χ4n) is 1.54. The van der Waals surface area contributed by atoms with E-state index < -0.39 is 0 Å². The van der Waals surface area contributed by atoms with Crippen LogP contribution >= 0.6 is 0 Å². The quantitative estimate of drug-likeness (QED) is 0.186. The van der Waals surface area contributed by atoms with Gasteiger partial charge in [-0.2, -0.15) is 0 Å². The van der Waals surface area contributed by atoms with Crippen molar-refractivity contribution in [3.05, 3.63) is 73.9 Å². The van der Waals surface area contributed by atoms with E-state index in [0.717, 1.165) is 11.5 Å². The van der Waals surface area contributed by atoms with E-state index in [1.54, 1.807) is 49.8 Å². The summed E-state index contributed by atoms with van der Waals surface area (Å²) in [6.45, 7) is 36.6. The molecule has 0 aliphatic carbocycles. The third-order valence-electron chi connectivity index (χ3n) is 2.95. The molecule has 0 radical (unpaired) electrons. The average Bonchev–Trinajstić information content (AvgIpc) is 3.54. The second-order valence-corrected chi connectivity index (χ2v) is 15.3. The summed E-state index contributed by atoms with van der Waals surface area (Å²) in [5.41, 5.74) is 2.78. The first-order valence-corrected chi connectivity index (χ1v) is 14.2. The zero-order valence-corrected chi connectivity index (χ0v) is 29.5. The van der Waals surface area contributed by atoms with Gasteiger partial charge in [0.1, 0.15) is 5.82 Å². The van der Waals surface area contributed by atoms with E-state index in [-0.39, 0.29) is 20.4 Å². The summed E-state index contributed by atoms with van der Waals surface area (Å²) in [6.07, 6.45) is 17.7. The van der Waals surface area contributed by atoms with Crippen LogP contribution in [0.4, 0.5) is 0 Å². The molecular formula is C35H72N8. The summed E-state index contributed by atoms with van der Waals surface area (Å²) >= 11 is 0. The van der Waals surface area contributed by atoms with E-state index in [0.29, 0.717) is 16.2 Å². The highest BCUT2D eigenvalue weighted by atomic mass is 15.1. The standard InChI is InChI=1S/C7H12N2.3C5H12.2C4H6N2.C3H4N2.2CH4/c1-7(2,3)9-5-4-8-6-9;3*1-5(2,3)4;1-4-2-5-3-6-4;1-4-5-2-3-6-4;1-2-5-3-4-1;;/h4-6H,1-3H3;3*1-4H3;2*2-3H,1H3,(H,5,6);1-3H,(H,4,5);2*1H4. The monoisotopic (exact) mass is 605 g/mol. The van der Waals surface area contributed by atoms with Gasteiger partial charge in [0.25, 0.3) is 0 Å². The molecule has 0 spiro atoms.